The van der Waals surface area contributed by atoms with Crippen molar-refractivity contribution in [3.05, 3.63) is 29.2 Å². The normalized spacial score (nSPS) is 10.6. The Kier molecular flexibility index (Phi) is 3.61. The number of hydrogen-bond donors (Lipinski definition) is 3. The Labute approximate surface area is 113 Å². The molecule has 5 N–H and O–H groups in total. The maximum atomic E-state index is 10.8. The number of carbonyl (C=O) groups is 1. The van der Waals surface area contributed by atoms with Crippen molar-refractivity contribution in [1.29, 1.82) is 0 Å². The number of furan rings is 1. The number of aromatic nitrogens is 2. The van der Waals surface area contributed by atoms with Crippen LogP contribution in [0.25, 0.3) is 0 Å². The van der Waals surface area contributed by atoms with E-state index in [9.17, 15) is 4.79 Å². The van der Waals surface area contributed by atoms with Crippen LogP contribution in [0.5, 0.6) is 0 Å². The highest BCUT2D eigenvalue weighted by Gasteiger charge is 2.14. The van der Waals surface area contributed by atoms with Crippen LogP contribution in [0.3, 0.4) is 0 Å². The lowest BCUT2D eigenvalue weighted by Gasteiger charge is -2.00. The highest BCUT2D eigenvalue weighted by molar-refractivity contribution is 7.98. The summed E-state index contributed by atoms with van der Waals surface area (Å²) >= 11 is 1.27. The van der Waals surface area contributed by atoms with E-state index in [1.807, 2.05) is 0 Å². The molecule has 2 heterocycles. The number of aromatic carboxylic acids is 1. The van der Waals surface area contributed by atoms with Crippen LogP contribution in [-0.4, -0.2) is 21.0 Å². The first-order valence-electron chi connectivity index (χ1n) is 5.31. The third-order valence-electron chi connectivity index (χ3n) is 2.25. The van der Waals surface area contributed by atoms with Gasteiger partial charge in [0.05, 0.1) is 5.75 Å². The predicted octanol–water partition coefficient (Wildman–Crippen LogP) is 1.53. The standard InChI is InChI=1S/C11H12N4O3S/c1-5-2-6(18-9(5)10(16)17)4-19-11-14-7(12)3-8(13)15-11/h2-3H,4H2,1H3,(H,16,17)(H4,12,13,14,15). The van der Waals surface area contributed by atoms with Crippen LogP contribution in [0.4, 0.5) is 11.6 Å². The van der Waals surface area contributed by atoms with Gasteiger partial charge in [0.1, 0.15) is 17.4 Å². The molecule has 0 amide bonds. The first-order valence-corrected chi connectivity index (χ1v) is 6.29. The molecule has 0 aromatic carbocycles. The van der Waals surface area contributed by atoms with Gasteiger partial charge in [0.15, 0.2) is 5.16 Å². The molecule has 0 aliphatic heterocycles. The van der Waals surface area contributed by atoms with Gasteiger partial charge in [0.25, 0.3) is 0 Å². The molecule has 0 fully saturated rings. The summed E-state index contributed by atoms with van der Waals surface area (Å²) in [6.45, 7) is 1.68. The summed E-state index contributed by atoms with van der Waals surface area (Å²) in [5.41, 5.74) is 11.7. The lowest BCUT2D eigenvalue weighted by Crippen LogP contribution is -1.99. The molecule has 8 heteroatoms. The van der Waals surface area contributed by atoms with E-state index < -0.39 is 5.97 Å². The molecular formula is C11H12N4O3S. The number of nitrogens with zero attached hydrogens (tertiary/aromatic N) is 2. The molecule has 0 bridgehead atoms. The second-order valence-electron chi connectivity index (χ2n) is 3.82. The number of carboxylic acids is 1. The lowest BCUT2D eigenvalue weighted by molar-refractivity contribution is 0.0659. The Balaban J connectivity index is 2.10. The molecule has 0 saturated heterocycles. The molecule has 100 valence electrons. The van der Waals surface area contributed by atoms with Crippen LogP contribution in [0.1, 0.15) is 21.9 Å². The van der Waals surface area contributed by atoms with Crippen molar-refractivity contribution in [2.45, 2.75) is 17.8 Å². The molecule has 0 spiro atoms. The van der Waals surface area contributed by atoms with Gasteiger partial charge >= 0.3 is 5.97 Å². The first-order chi connectivity index (χ1) is 8.95. The SMILES string of the molecule is Cc1cc(CSc2nc(N)cc(N)n2)oc1C(=O)O. The Morgan fingerprint density at radius 1 is 1.37 bits per heavy atom. The Hall–Kier alpha value is -2.22. The summed E-state index contributed by atoms with van der Waals surface area (Å²) in [5, 5.41) is 9.30. The maximum absolute atomic E-state index is 10.8. The van der Waals surface area contributed by atoms with Crippen LogP contribution in [0.15, 0.2) is 21.7 Å². The number of rotatable bonds is 4. The minimum absolute atomic E-state index is 0.0522. The van der Waals surface area contributed by atoms with Crippen molar-refractivity contribution in [2.75, 3.05) is 11.5 Å². The van der Waals surface area contributed by atoms with Gasteiger partial charge in [0.2, 0.25) is 5.76 Å². The molecular weight excluding hydrogens is 268 g/mol. The molecule has 0 saturated carbocycles. The Bertz CT molecular complexity index is 606. The van der Waals surface area contributed by atoms with E-state index in [0.717, 1.165) is 0 Å². The summed E-state index contributed by atoms with van der Waals surface area (Å²) in [6, 6.07) is 3.13. The average Bonchev–Trinajstić information content (AvgIpc) is 2.67. The monoisotopic (exact) mass is 280 g/mol. The van der Waals surface area contributed by atoms with Gasteiger partial charge in [-0.15, -0.1) is 0 Å². The molecule has 0 aliphatic rings. The summed E-state index contributed by atoms with van der Waals surface area (Å²) in [5.74, 6) is 0.372. The highest BCUT2D eigenvalue weighted by atomic mass is 32.2. The van der Waals surface area contributed by atoms with E-state index in [2.05, 4.69) is 9.97 Å². The third-order valence-corrected chi connectivity index (χ3v) is 3.12. The summed E-state index contributed by atoms with van der Waals surface area (Å²) < 4.78 is 5.22. The zero-order chi connectivity index (χ0) is 14.0. The number of aryl methyl sites for hydroxylation is 1. The van der Waals surface area contributed by atoms with Gasteiger partial charge < -0.3 is 21.0 Å². The number of nitrogen functional groups attached to an aromatic ring is 2. The number of carboxylic acid groups (broad SMARTS) is 1. The van der Waals surface area contributed by atoms with Crippen LogP contribution < -0.4 is 11.5 Å². The topological polar surface area (TPSA) is 128 Å². The quantitative estimate of drug-likeness (QED) is 0.568. The highest BCUT2D eigenvalue weighted by Crippen LogP contribution is 2.24. The third kappa shape index (κ3) is 3.16. The van der Waals surface area contributed by atoms with Crippen LogP contribution in [0.2, 0.25) is 0 Å². The lowest BCUT2D eigenvalue weighted by atomic mass is 10.3. The van der Waals surface area contributed by atoms with Gasteiger partial charge in [-0.3, -0.25) is 0 Å². The van der Waals surface area contributed by atoms with Crippen molar-refractivity contribution in [2.24, 2.45) is 0 Å². The molecule has 0 radical (unpaired) electrons. The van der Waals surface area contributed by atoms with Gasteiger partial charge in [-0.1, -0.05) is 11.8 Å². The van der Waals surface area contributed by atoms with Gasteiger partial charge in [-0.05, 0) is 13.0 Å². The second kappa shape index (κ2) is 5.19. The fourth-order valence-corrected chi connectivity index (χ4v) is 2.25. The number of nitrogens with two attached hydrogens (primary N) is 2. The largest absolute Gasteiger partial charge is 0.475 e. The number of anilines is 2. The van der Waals surface area contributed by atoms with E-state index >= 15 is 0 Å². The number of thioether (sulfide) groups is 1. The molecule has 2 aromatic rings. The van der Waals surface area contributed by atoms with Crippen molar-refractivity contribution in [3.63, 3.8) is 0 Å². The first kappa shape index (κ1) is 13.2. The van der Waals surface area contributed by atoms with Crippen LogP contribution in [0, 0.1) is 6.92 Å². The van der Waals surface area contributed by atoms with E-state index in [4.69, 9.17) is 21.0 Å². The predicted molar refractivity (Wildman–Crippen MR) is 70.8 cm³/mol. The Morgan fingerprint density at radius 2 is 2.00 bits per heavy atom. The van der Waals surface area contributed by atoms with Crippen molar-refractivity contribution in [3.8, 4) is 0 Å². The van der Waals surface area contributed by atoms with Crippen LogP contribution in [-0.2, 0) is 5.75 Å². The molecule has 19 heavy (non-hydrogen) atoms. The fourth-order valence-electron chi connectivity index (χ4n) is 1.49. The van der Waals surface area contributed by atoms with Gasteiger partial charge in [-0.25, -0.2) is 14.8 Å². The zero-order valence-electron chi connectivity index (χ0n) is 10.1. The molecule has 7 nitrogen and oxygen atoms in total. The van der Waals surface area contributed by atoms with Gasteiger partial charge in [-0.2, -0.15) is 0 Å². The van der Waals surface area contributed by atoms with Crippen molar-refractivity contribution >= 4 is 29.4 Å². The molecule has 2 aromatic heterocycles. The second-order valence-corrected chi connectivity index (χ2v) is 4.76. The zero-order valence-corrected chi connectivity index (χ0v) is 10.9. The minimum atomic E-state index is -1.08. The summed E-state index contributed by atoms with van der Waals surface area (Å²) in [7, 11) is 0. The Morgan fingerprint density at radius 3 is 2.53 bits per heavy atom. The molecule has 0 unspecified atom stereocenters. The minimum Gasteiger partial charge on any atom is -0.475 e. The molecule has 0 atom stereocenters. The smallest absolute Gasteiger partial charge is 0.372 e. The maximum Gasteiger partial charge on any atom is 0.372 e. The average molecular weight is 280 g/mol. The van der Waals surface area contributed by atoms with E-state index in [-0.39, 0.29) is 17.4 Å². The summed E-state index contributed by atoms with van der Waals surface area (Å²) in [4.78, 5) is 18.9. The van der Waals surface area contributed by atoms with Crippen molar-refractivity contribution < 1.29 is 14.3 Å². The van der Waals surface area contributed by atoms with E-state index in [1.54, 1.807) is 13.0 Å². The number of hydrogen-bond acceptors (Lipinski definition) is 7. The van der Waals surface area contributed by atoms with E-state index in [1.165, 1.54) is 17.8 Å². The summed E-state index contributed by atoms with van der Waals surface area (Å²) in [6.07, 6.45) is 0. The fraction of sp³-hybridized carbons (Fsp3) is 0.182. The van der Waals surface area contributed by atoms with Crippen LogP contribution >= 0.6 is 11.8 Å². The molecule has 0 aliphatic carbocycles. The molecule has 2 rings (SSSR count). The van der Waals surface area contributed by atoms with E-state index in [0.29, 0.717) is 22.2 Å². The van der Waals surface area contributed by atoms with Gasteiger partial charge in [0, 0.05) is 11.6 Å². The van der Waals surface area contributed by atoms with Crippen molar-refractivity contribution in [1.82, 2.24) is 9.97 Å².